The molecular weight excluding hydrogens is 414 g/mol. The summed E-state index contributed by atoms with van der Waals surface area (Å²) in [5, 5.41) is 21.4. The number of aliphatic hydroxyl groups is 1. The molecule has 0 saturated heterocycles. The van der Waals surface area contributed by atoms with Gasteiger partial charge < -0.3 is 20.5 Å². The minimum Gasteiger partial charge on any atom is -0.494 e. The number of aromatic nitrogens is 2. The number of aliphatic hydroxyl groups excluding tert-OH is 1. The Kier molecular flexibility index (Phi) is 7.11. The Morgan fingerprint density at radius 3 is 2.45 bits per heavy atom. The first-order chi connectivity index (χ1) is 14.8. The summed E-state index contributed by atoms with van der Waals surface area (Å²) in [6, 6.07) is 14.2. The van der Waals surface area contributed by atoms with Gasteiger partial charge in [0.05, 0.1) is 22.9 Å². The molecule has 8 nitrogen and oxygen atoms in total. The Morgan fingerprint density at radius 2 is 1.87 bits per heavy atom. The Hall–Kier alpha value is -3.14. The van der Waals surface area contributed by atoms with E-state index in [1.54, 1.807) is 30.5 Å². The Morgan fingerprint density at radius 1 is 1.19 bits per heavy atom. The van der Waals surface area contributed by atoms with Crippen LogP contribution in [0.1, 0.15) is 13.8 Å². The van der Waals surface area contributed by atoms with Gasteiger partial charge in [-0.2, -0.15) is 4.98 Å². The van der Waals surface area contributed by atoms with Crippen molar-refractivity contribution in [2.45, 2.75) is 24.8 Å². The van der Waals surface area contributed by atoms with E-state index in [1.807, 2.05) is 38.1 Å². The summed E-state index contributed by atoms with van der Waals surface area (Å²) in [5.41, 5.74) is 2.42. The molecule has 0 saturated carbocycles. The van der Waals surface area contributed by atoms with Crippen LogP contribution in [0.25, 0.3) is 11.1 Å². The maximum absolute atomic E-state index is 11.8. The molecule has 3 rings (SSSR count). The van der Waals surface area contributed by atoms with Crippen LogP contribution in [0.15, 0.2) is 59.6 Å². The molecule has 0 fully saturated rings. The fourth-order valence-corrected chi connectivity index (χ4v) is 3.43. The van der Waals surface area contributed by atoms with Gasteiger partial charge in [-0.05, 0) is 61.7 Å². The normalized spacial score (nSPS) is 13.8. The lowest BCUT2D eigenvalue weighted by Gasteiger charge is -2.17. The first kappa shape index (κ1) is 22.5. The monoisotopic (exact) mass is 441 g/mol. The van der Waals surface area contributed by atoms with E-state index in [0.717, 1.165) is 16.9 Å². The van der Waals surface area contributed by atoms with Crippen molar-refractivity contribution in [2.24, 2.45) is 5.14 Å². The number of nitrogens with two attached hydrogens (primary N) is 1. The van der Waals surface area contributed by atoms with E-state index in [2.05, 4.69) is 26.5 Å². The molecule has 5 N–H and O–H groups in total. The molecule has 1 aromatic heterocycles. The van der Waals surface area contributed by atoms with Crippen LogP contribution in [0.5, 0.6) is 5.75 Å². The summed E-state index contributed by atoms with van der Waals surface area (Å²) >= 11 is 0. The molecule has 0 radical (unpaired) electrons. The van der Waals surface area contributed by atoms with Crippen LogP contribution in [0, 0.1) is 0 Å². The smallest absolute Gasteiger partial charge is 0.229 e. The second kappa shape index (κ2) is 9.78. The van der Waals surface area contributed by atoms with Gasteiger partial charge in [-0.15, -0.1) is 0 Å². The minimum absolute atomic E-state index is 0.0413. The Balaban J connectivity index is 1.90. The van der Waals surface area contributed by atoms with E-state index in [9.17, 15) is 9.32 Å². The number of ether oxygens (including phenoxy) is 1. The third-order valence-electron chi connectivity index (χ3n) is 4.43. The fourth-order valence-electron chi connectivity index (χ4n) is 2.84. The van der Waals surface area contributed by atoms with Crippen LogP contribution < -0.4 is 20.5 Å². The number of benzene rings is 2. The predicted octanol–water partition coefficient (Wildman–Crippen LogP) is 3.03. The standard InChI is InChI=1S/C22H27N5O3S/c1-4-30-18-9-5-16(6-10-18)20-13-24-22(27-21(20)25-15(2)14-28)26-17-7-11-19(12-8-17)31(3,23)29/h5-13,15,28H,3-4,14H2,1-2H3,(H2,23,29)(H2,24,25,26,27)/t15-,31?/m1/s1. The van der Waals surface area contributed by atoms with Crippen LogP contribution in [0.2, 0.25) is 0 Å². The van der Waals surface area contributed by atoms with Crippen molar-refractivity contribution in [1.82, 2.24) is 9.97 Å². The van der Waals surface area contributed by atoms with E-state index in [1.165, 1.54) is 0 Å². The van der Waals surface area contributed by atoms with E-state index < -0.39 is 9.71 Å². The first-order valence-electron chi connectivity index (χ1n) is 9.80. The van der Waals surface area contributed by atoms with Crippen LogP contribution in [0.3, 0.4) is 0 Å². The molecule has 0 spiro atoms. The summed E-state index contributed by atoms with van der Waals surface area (Å²) in [6.45, 7) is 4.36. The van der Waals surface area contributed by atoms with Gasteiger partial charge in [0.2, 0.25) is 5.95 Å². The molecule has 0 bridgehead atoms. The molecule has 1 unspecified atom stereocenters. The summed E-state index contributed by atoms with van der Waals surface area (Å²) in [4.78, 5) is 9.48. The third kappa shape index (κ3) is 5.94. The van der Waals surface area contributed by atoms with Crippen molar-refractivity contribution in [1.29, 1.82) is 0 Å². The fraction of sp³-hybridized carbons (Fsp3) is 0.227. The van der Waals surface area contributed by atoms with E-state index in [0.29, 0.717) is 29.0 Å². The number of hydrogen-bond donors (Lipinski definition) is 4. The van der Waals surface area contributed by atoms with Gasteiger partial charge in [0.15, 0.2) is 0 Å². The van der Waals surface area contributed by atoms with Crippen LogP contribution >= 0.6 is 0 Å². The molecule has 0 amide bonds. The van der Waals surface area contributed by atoms with Gasteiger partial charge >= 0.3 is 0 Å². The lowest BCUT2D eigenvalue weighted by Crippen LogP contribution is -2.21. The average molecular weight is 442 g/mol. The quantitative estimate of drug-likeness (QED) is 0.377. The van der Waals surface area contributed by atoms with E-state index in [4.69, 9.17) is 9.88 Å². The molecule has 1 heterocycles. The predicted molar refractivity (Wildman–Crippen MR) is 126 cm³/mol. The molecule has 31 heavy (non-hydrogen) atoms. The highest BCUT2D eigenvalue weighted by Gasteiger charge is 2.13. The zero-order chi connectivity index (χ0) is 22.4. The van der Waals surface area contributed by atoms with Gasteiger partial charge in [-0.1, -0.05) is 12.1 Å². The minimum atomic E-state index is -2.76. The lowest BCUT2D eigenvalue weighted by molar-refractivity contribution is 0.281. The number of anilines is 3. The third-order valence-corrected chi connectivity index (χ3v) is 5.50. The number of nitrogens with zero attached hydrogens (tertiary/aromatic N) is 2. The van der Waals surface area contributed by atoms with Gasteiger partial charge in [0, 0.05) is 28.4 Å². The highest BCUT2D eigenvalue weighted by Crippen LogP contribution is 2.29. The molecule has 0 aliphatic rings. The van der Waals surface area contributed by atoms with Crippen molar-refractivity contribution in [2.75, 3.05) is 23.8 Å². The van der Waals surface area contributed by atoms with Crippen molar-refractivity contribution in [3.8, 4) is 16.9 Å². The van der Waals surface area contributed by atoms with Crippen LogP contribution in [-0.2, 0) is 9.71 Å². The first-order valence-corrected chi connectivity index (χ1v) is 11.6. The van der Waals surface area contributed by atoms with Gasteiger partial charge in [-0.3, -0.25) is 5.14 Å². The molecule has 2 aromatic carbocycles. The second-order valence-corrected chi connectivity index (χ2v) is 8.94. The van der Waals surface area contributed by atoms with Crippen molar-refractivity contribution >= 4 is 33.0 Å². The summed E-state index contributed by atoms with van der Waals surface area (Å²) < 4.78 is 17.4. The number of nitrogens with one attached hydrogen (secondary N) is 2. The SMILES string of the molecule is C=S(N)(=O)c1ccc(Nc2ncc(-c3ccc(OCC)cc3)c(N[C@H](C)CO)n2)cc1. The zero-order valence-electron chi connectivity index (χ0n) is 17.5. The molecular formula is C22H27N5O3S. The Bertz CT molecular complexity index is 1120. The van der Waals surface area contributed by atoms with Gasteiger partial charge in [-0.25, -0.2) is 9.19 Å². The molecule has 9 heteroatoms. The summed E-state index contributed by atoms with van der Waals surface area (Å²) in [5.74, 6) is 5.23. The molecule has 164 valence electrons. The summed E-state index contributed by atoms with van der Waals surface area (Å²) in [7, 11) is -2.76. The molecule has 0 aliphatic heterocycles. The maximum Gasteiger partial charge on any atom is 0.229 e. The molecule has 2 atom stereocenters. The van der Waals surface area contributed by atoms with Crippen molar-refractivity contribution < 1.29 is 14.1 Å². The van der Waals surface area contributed by atoms with Gasteiger partial charge in [0.25, 0.3) is 0 Å². The molecule has 3 aromatic rings. The van der Waals surface area contributed by atoms with Crippen LogP contribution in [-0.4, -0.2) is 44.4 Å². The topological polar surface area (TPSA) is 122 Å². The largest absolute Gasteiger partial charge is 0.494 e. The van der Waals surface area contributed by atoms with Crippen LogP contribution in [0.4, 0.5) is 17.5 Å². The van der Waals surface area contributed by atoms with Gasteiger partial charge in [0.1, 0.15) is 11.6 Å². The second-order valence-electron chi connectivity index (χ2n) is 7.02. The molecule has 0 aliphatic carbocycles. The lowest BCUT2D eigenvalue weighted by atomic mass is 10.1. The van der Waals surface area contributed by atoms with Crippen molar-refractivity contribution in [3.05, 3.63) is 54.7 Å². The number of hydrogen-bond acceptors (Lipinski definition) is 7. The highest BCUT2D eigenvalue weighted by atomic mass is 32.2. The highest BCUT2D eigenvalue weighted by molar-refractivity contribution is 7.98. The Labute approximate surface area is 182 Å². The van der Waals surface area contributed by atoms with Crippen molar-refractivity contribution in [3.63, 3.8) is 0 Å². The maximum atomic E-state index is 11.8. The summed E-state index contributed by atoms with van der Waals surface area (Å²) in [6.07, 6.45) is 1.72. The van der Waals surface area contributed by atoms with E-state index >= 15 is 0 Å². The zero-order valence-corrected chi connectivity index (χ0v) is 18.4. The average Bonchev–Trinajstić information content (AvgIpc) is 2.74. The number of rotatable bonds is 9. The van der Waals surface area contributed by atoms with E-state index in [-0.39, 0.29) is 12.6 Å².